The standard InChI is InChI=1S/C29H33N3O3/c1-20-19-31-27(32-25(20)13-10-22-6-3-4-7-23(22)17-26(30)33)16-21-8-11-24(12-9-21)29(14-5-15-29)18-28(34)35-2/h3-4,6-9,11-12,19H,5,10,13-18H2,1-2H3,(H2,30,33). The molecule has 0 saturated heterocycles. The Balaban J connectivity index is 1.44. The van der Waals surface area contributed by atoms with Crippen LogP contribution in [0.1, 0.15) is 65.0 Å². The molecule has 6 heteroatoms. The summed E-state index contributed by atoms with van der Waals surface area (Å²) in [5.41, 5.74) is 11.9. The first-order valence-corrected chi connectivity index (χ1v) is 12.2. The smallest absolute Gasteiger partial charge is 0.306 e. The highest BCUT2D eigenvalue weighted by atomic mass is 16.5. The number of nitrogens with zero attached hydrogens (tertiary/aromatic N) is 2. The Bertz CT molecular complexity index is 1200. The van der Waals surface area contributed by atoms with E-state index < -0.39 is 0 Å². The first-order valence-electron chi connectivity index (χ1n) is 12.2. The molecule has 2 aromatic carbocycles. The highest BCUT2D eigenvalue weighted by Crippen LogP contribution is 2.46. The monoisotopic (exact) mass is 471 g/mol. The molecule has 35 heavy (non-hydrogen) atoms. The Morgan fingerprint density at radius 1 is 1.03 bits per heavy atom. The normalized spacial score (nSPS) is 14.2. The van der Waals surface area contributed by atoms with Gasteiger partial charge in [-0.3, -0.25) is 9.59 Å². The average Bonchev–Trinajstić information content (AvgIpc) is 2.82. The number of hydrogen-bond donors (Lipinski definition) is 1. The van der Waals surface area contributed by atoms with Gasteiger partial charge in [0.25, 0.3) is 0 Å². The van der Waals surface area contributed by atoms with Crippen molar-refractivity contribution in [3.8, 4) is 0 Å². The average molecular weight is 472 g/mol. The SMILES string of the molecule is COC(=O)CC1(c2ccc(Cc3ncc(C)c(CCc4ccccc4CC(N)=O)n3)cc2)CCC1. The van der Waals surface area contributed by atoms with E-state index in [0.717, 1.165) is 65.9 Å². The van der Waals surface area contributed by atoms with Crippen LogP contribution in [-0.4, -0.2) is 29.0 Å². The summed E-state index contributed by atoms with van der Waals surface area (Å²) in [6.45, 7) is 2.03. The van der Waals surface area contributed by atoms with Crippen molar-refractivity contribution in [2.45, 2.75) is 63.7 Å². The topological polar surface area (TPSA) is 95.2 Å². The van der Waals surface area contributed by atoms with Gasteiger partial charge in [-0.25, -0.2) is 9.97 Å². The summed E-state index contributed by atoms with van der Waals surface area (Å²) in [5.74, 6) is 0.320. The van der Waals surface area contributed by atoms with Crippen molar-refractivity contribution >= 4 is 11.9 Å². The third kappa shape index (κ3) is 5.94. The van der Waals surface area contributed by atoms with Crippen LogP contribution in [0.25, 0.3) is 0 Å². The van der Waals surface area contributed by atoms with Crippen LogP contribution in [0.3, 0.4) is 0 Å². The molecule has 1 saturated carbocycles. The first kappa shape index (κ1) is 24.6. The third-order valence-corrected chi connectivity index (χ3v) is 7.19. The van der Waals surface area contributed by atoms with Gasteiger partial charge in [0.15, 0.2) is 0 Å². The molecule has 0 atom stereocenters. The molecule has 1 amide bonds. The number of amides is 1. The van der Waals surface area contributed by atoms with E-state index in [9.17, 15) is 9.59 Å². The minimum atomic E-state index is -0.322. The Labute approximate surface area is 206 Å². The molecular weight excluding hydrogens is 438 g/mol. The van der Waals surface area contributed by atoms with E-state index in [1.54, 1.807) is 0 Å². The molecule has 0 bridgehead atoms. The van der Waals surface area contributed by atoms with Crippen molar-refractivity contribution in [2.24, 2.45) is 5.73 Å². The largest absolute Gasteiger partial charge is 0.469 e. The van der Waals surface area contributed by atoms with Gasteiger partial charge in [-0.1, -0.05) is 55.0 Å². The maximum absolute atomic E-state index is 11.9. The zero-order chi connectivity index (χ0) is 24.8. The Morgan fingerprint density at radius 3 is 2.37 bits per heavy atom. The molecular formula is C29H33N3O3. The number of benzene rings is 2. The fourth-order valence-electron chi connectivity index (χ4n) is 4.95. The van der Waals surface area contributed by atoms with Gasteiger partial charge in [-0.2, -0.15) is 0 Å². The van der Waals surface area contributed by atoms with Crippen LogP contribution in [0.4, 0.5) is 0 Å². The molecule has 2 N–H and O–H groups in total. The van der Waals surface area contributed by atoms with Crippen molar-refractivity contribution < 1.29 is 14.3 Å². The van der Waals surface area contributed by atoms with Gasteiger partial charge in [0.2, 0.25) is 5.91 Å². The molecule has 0 spiro atoms. The molecule has 1 aliphatic rings. The van der Waals surface area contributed by atoms with E-state index in [-0.39, 0.29) is 23.7 Å². The molecule has 0 unspecified atom stereocenters. The van der Waals surface area contributed by atoms with Crippen molar-refractivity contribution in [1.29, 1.82) is 0 Å². The summed E-state index contributed by atoms with van der Waals surface area (Å²) in [6, 6.07) is 16.5. The minimum Gasteiger partial charge on any atom is -0.469 e. The molecule has 1 aromatic heterocycles. The number of aryl methyl sites for hydroxylation is 3. The molecule has 1 fully saturated rings. The molecule has 3 aromatic rings. The highest BCUT2D eigenvalue weighted by molar-refractivity contribution is 5.77. The summed E-state index contributed by atoms with van der Waals surface area (Å²) >= 11 is 0. The van der Waals surface area contributed by atoms with E-state index in [1.807, 2.05) is 37.4 Å². The molecule has 182 valence electrons. The van der Waals surface area contributed by atoms with E-state index >= 15 is 0 Å². The van der Waals surface area contributed by atoms with E-state index in [0.29, 0.717) is 12.8 Å². The fraction of sp³-hybridized carbons (Fsp3) is 0.379. The molecule has 1 heterocycles. The van der Waals surface area contributed by atoms with E-state index in [2.05, 4.69) is 29.2 Å². The number of esters is 1. The lowest BCUT2D eigenvalue weighted by atomic mass is 9.62. The predicted octanol–water partition coefficient (Wildman–Crippen LogP) is 4.17. The second-order valence-corrected chi connectivity index (χ2v) is 9.59. The summed E-state index contributed by atoms with van der Waals surface area (Å²) in [5, 5.41) is 0. The number of nitrogens with two attached hydrogens (primary N) is 1. The number of ether oxygens (including phenoxy) is 1. The lowest BCUT2D eigenvalue weighted by molar-refractivity contribution is -0.143. The number of primary amides is 1. The Kier molecular flexibility index (Phi) is 7.59. The number of carbonyl (C=O) groups excluding carboxylic acids is 2. The quantitative estimate of drug-likeness (QED) is 0.448. The number of aromatic nitrogens is 2. The van der Waals surface area contributed by atoms with Crippen LogP contribution in [0, 0.1) is 6.92 Å². The molecule has 4 rings (SSSR count). The van der Waals surface area contributed by atoms with Gasteiger partial charge < -0.3 is 10.5 Å². The predicted molar refractivity (Wildman–Crippen MR) is 135 cm³/mol. The van der Waals surface area contributed by atoms with Crippen molar-refractivity contribution in [3.05, 3.63) is 94.1 Å². The zero-order valence-electron chi connectivity index (χ0n) is 20.5. The number of carbonyl (C=O) groups is 2. The summed E-state index contributed by atoms with van der Waals surface area (Å²) in [7, 11) is 1.45. The van der Waals surface area contributed by atoms with Crippen LogP contribution in [-0.2, 0) is 45.4 Å². The highest BCUT2D eigenvalue weighted by Gasteiger charge is 2.40. The van der Waals surface area contributed by atoms with Crippen molar-refractivity contribution in [3.63, 3.8) is 0 Å². The summed E-state index contributed by atoms with van der Waals surface area (Å²) in [4.78, 5) is 32.7. The third-order valence-electron chi connectivity index (χ3n) is 7.19. The summed E-state index contributed by atoms with van der Waals surface area (Å²) < 4.78 is 4.92. The number of methoxy groups -OCH3 is 1. The number of rotatable bonds is 10. The lowest BCUT2D eigenvalue weighted by Crippen LogP contribution is -2.36. The van der Waals surface area contributed by atoms with Gasteiger partial charge in [0, 0.05) is 23.7 Å². The zero-order valence-corrected chi connectivity index (χ0v) is 20.5. The van der Waals surface area contributed by atoms with Gasteiger partial charge in [-0.15, -0.1) is 0 Å². The Hall–Kier alpha value is -3.54. The summed E-state index contributed by atoms with van der Waals surface area (Å²) in [6.07, 6.45) is 7.98. The lowest BCUT2D eigenvalue weighted by Gasteiger charge is -2.41. The molecule has 1 aliphatic carbocycles. The van der Waals surface area contributed by atoms with Gasteiger partial charge in [0.05, 0.1) is 20.0 Å². The van der Waals surface area contributed by atoms with Crippen LogP contribution < -0.4 is 5.73 Å². The minimum absolute atomic E-state index is 0.0794. The number of hydrogen-bond acceptors (Lipinski definition) is 5. The van der Waals surface area contributed by atoms with Crippen molar-refractivity contribution in [1.82, 2.24) is 9.97 Å². The molecule has 0 aliphatic heterocycles. The Morgan fingerprint density at radius 2 is 1.74 bits per heavy atom. The molecule has 0 radical (unpaired) electrons. The second-order valence-electron chi connectivity index (χ2n) is 9.59. The van der Waals surface area contributed by atoms with Crippen LogP contribution in [0.2, 0.25) is 0 Å². The first-order chi connectivity index (χ1) is 16.9. The van der Waals surface area contributed by atoms with Crippen LogP contribution >= 0.6 is 0 Å². The van der Waals surface area contributed by atoms with Gasteiger partial charge >= 0.3 is 5.97 Å². The maximum Gasteiger partial charge on any atom is 0.306 e. The fourth-order valence-corrected chi connectivity index (χ4v) is 4.95. The van der Waals surface area contributed by atoms with Crippen LogP contribution in [0.5, 0.6) is 0 Å². The van der Waals surface area contributed by atoms with E-state index in [4.69, 9.17) is 15.5 Å². The molecule has 6 nitrogen and oxygen atoms in total. The van der Waals surface area contributed by atoms with Crippen molar-refractivity contribution in [2.75, 3.05) is 7.11 Å². The second kappa shape index (κ2) is 10.8. The van der Waals surface area contributed by atoms with Crippen LogP contribution in [0.15, 0.2) is 54.7 Å². The van der Waals surface area contributed by atoms with E-state index in [1.165, 1.54) is 12.7 Å². The van der Waals surface area contributed by atoms with Gasteiger partial charge in [0.1, 0.15) is 5.82 Å². The van der Waals surface area contributed by atoms with Gasteiger partial charge in [-0.05, 0) is 60.4 Å². The maximum atomic E-state index is 11.9.